The Morgan fingerprint density at radius 2 is 1.85 bits per heavy atom. The second kappa shape index (κ2) is 8.21. The van der Waals surface area contributed by atoms with E-state index >= 15 is 0 Å². The first-order chi connectivity index (χ1) is 12.5. The molecule has 0 aliphatic carbocycles. The number of aromatic nitrogens is 2. The number of carbonyl (C=O) groups is 2. The molecular formula is C19H22FN3O3. The number of amides is 1. The van der Waals surface area contributed by atoms with Gasteiger partial charge in [-0.2, -0.15) is 0 Å². The van der Waals surface area contributed by atoms with Crippen LogP contribution in [0.15, 0.2) is 28.7 Å². The molecule has 1 aromatic heterocycles. The van der Waals surface area contributed by atoms with Gasteiger partial charge in [0, 0.05) is 44.3 Å². The van der Waals surface area contributed by atoms with Gasteiger partial charge in [0.1, 0.15) is 5.82 Å². The molecule has 7 heteroatoms. The predicted octanol–water partition coefficient (Wildman–Crippen LogP) is 3.28. The van der Waals surface area contributed by atoms with E-state index in [-0.39, 0.29) is 29.8 Å². The van der Waals surface area contributed by atoms with Crippen LogP contribution in [0.1, 0.15) is 60.2 Å². The highest BCUT2D eigenvalue weighted by atomic mass is 19.1. The van der Waals surface area contributed by atoms with Crippen molar-refractivity contribution in [2.24, 2.45) is 0 Å². The van der Waals surface area contributed by atoms with Crippen molar-refractivity contribution in [1.29, 1.82) is 0 Å². The van der Waals surface area contributed by atoms with E-state index in [0.717, 1.165) is 12.8 Å². The van der Waals surface area contributed by atoms with Crippen molar-refractivity contribution in [3.8, 4) is 0 Å². The van der Waals surface area contributed by atoms with Crippen molar-refractivity contribution in [2.75, 3.05) is 13.1 Å². The summed E-state index contributed by atoms with van der Waals surface area (Å²) in [4.78, 5) is 26.2. The van der Waals surface area contributed by atoms with Crippen LogP contribution >= 0.6 is 0 Å². The van der Waals surface area contributed by atoms with Gasteiger partial charge in [0.25, 0.3) is 0 Å². The molecule has 2 heterocycles. The molecule has 1 aromatic carbocycles. The number of rotatable bonds is 6. The van der Waals surface area contributed by atoms with E-state index in [0.29, 0.717) is 43.3 Å². The lowest BCUT2D eigenvalue weighted by molar-refractivity contribution is -0.132. The fraction of sp³-hybridized carbons (Fsp3) is 0.474. The molecule has 6 nitrogen and oxygen atoms in total. The van der Waals surface area contributed by atoms with Crippen LogP contribution in [0.25, 0.3) is 0 Å². The molecule has 1 aliphatic rings. The molecule has 0 saturated carbocycles. The fourth-order valence-electron chi connectivity index (χ4n) is 3.19. The Morgan fingerprint density at radius 1 is 1.15 bits per heavy atom. The number of aryl methyl sites for hydroxylation is 1. The van der Waals surface area contributed by atoms with Gasteiger partial charge in [0.15, 0.2) is 5.78 Å². The SMILES string of the molecule is Cc1nnc(C2CCN(C(=O)CCCC(=O)c3ccc(F)cc3)CC2)o1. The van der Waals surface area contributed by atoms with Gasteiger partial charge >= 0.3 is 0 Å². The number of hydrogen-bond acceptors (Lipinski definition) is 5. The minimum atomic E-state index is -0.365. The van der Waals surface area contributed by atoms with E-state index in [4.69, 9.17) is 4.42 Å². The predicted molar refractivity (Wildman–Crippen MR) is 92.2 cm³/mol. The highest BCUT2D eigenvalue weighted by Gasteiger charge is 2.26. The summed E-state index contributed by atoms with van der Waals surface area (Å²) in [6, 6.07) is 5.49. The smallest absolute Gasteiger partial charge is 0.222 e. The zero-order valence-corrected chi connectivity index (χ0v) is 14.8. The third kappa shape index (κ3) is 4.53. The highest BCUT2D eigenvalue weighted by Crippen LogP contribution is 2.27. The van der Waals surface area contributed by atoms with Crippen molar-refractivity contribution in [2.45, 2.75) is 44.9 Å². The van der Waals surface area contributed by atoms with Crippen LogP contribution in [0.5, 0.6) is 0 Å². The summed E-state index contributed by atoms with van der Waals surface area (Å²) in [5, 5.41) is 7.91. The molecule has 2 aromatic rings. The number of Topliss-reactive ketones (excluding diaryl/α,β-unsaturated/α-hetero) is 1. The van der Waals surface area contributed by atoms with Gasteiger partial charge in [-0.1, -0.05) is 0 Å². The Hall–Kier alpha value is -2.57. The normalized spacial score (nSPS) is 15.2. The maximum Gasteiger partial charge on any atom is 0.222 e. The largest absolute Gasteiger partial charge is 0.425 e. The summed E-state index contributed by atoms with van der Waals surface area (Å²) in [6.45, 7) is 3.09. The number of ketones is 1. The van der Waals surface area contributed by atoms with Crippen LogP contribution in [-0.2, 0) is 4.79 Å². The van der Waals surface area contributed by atoms with E-state index in [9.17, 15) is 14.0 Å². The molecule has 0 N–H and O–H groups in total. The Labute approximate surface area is 151 Å². The number of carbonyl (C=O) groups excluding carboxylic acids is 2. The number of nitrogens with zero attached hydrogens (tertiary/aromatic N) is 3. The lowest BCUT2D eigenvalue weighted by atomic mass is 9.96. The van der Waals surface area contributed by atoms with Gasteiger partial charge < -0.3 is 9.32 Å². The lowest BCUT2D eigenvalue weighted by Crippen LogP contribution is -2.37. The quantitative estimate of drug-likeness (QED) is 0.740. The molecular weight excluding hydrogens is 337 g/mol. The number of hydrogen-bond donors (Lipinski definition) is 0. The molecule has 1 aliphatic heterocycles. The molecule has 0 atom stereocenters. The average molecular weight is 359 g/mol. The van der Waals surface area contributed by atoms with E-state index in [1.54, 1.807) is 6.92 Å². The van der Waals surface area contributed by atoms with E-state index in [1.807, 2.05) is 4.90 Å². The fourth-order valence-corrected chi connectivity index (χ4v) is 3.19. The molecule has 26 heavy (non-hydrogen) atoms. The summed E-state index contributed by atoms with van der Waals surface area (Å²) >= 11 is 0. The van der Waals surface area contributed by atoms with Gasteiger partial charge in [-0.15, -0.1) is 10.2 Å². The third-order valence-corrected chi connectivity index (χ3v) is 4.70. The Balaban J connectivity index is 1.40. The van der Waals surface area contributed by atoms with Crippen molar-refractivity contribution in [3.05, 3.63) is 47.4 Å². The minimum absolute atomic E-state index is 0.0664. The standard InChI is InChI=1S/C19H22FN3O3/c1-13-21-22-19(26-13)15-9-11-23(12-10-15)18(25)4-2-3-17(24)14-5-7-16(20)8-6-14/h5-8,15H,2-4,9-12H2,1H3. The van der Waals surface area contributed by atoms with Crippen molar-refractivity contribution in [1.82, 2.24) is 15.1 Å². The van der Waals surface area contributed by atoms with E-state index in [2.05, 4.69) is 10.2 Å². The summed E-state index contributed by atoms with van der Waals surface area (Å²) in [6.07, 6.45) is 2.74. The maximum atomic E-state index is 12.9. The number of benzene rings is 1. The maximum absolute atomic E-state index is 12.9. The molecule has 0 unspecified atom stereocenters. The monoisotopic (exact) mass is 359 g/mol. The molecule has 1 amide bonds. The molecule has 3 rings (SSSR count). The van der Waals surface area contributed by atoms with Crippen molar-refractivity contribution >= 4 is 11.7 Å². The van der Waals surface area contributed by atoms with Crippen LogP contribution in [0.4, 0.5) is 4.39 Å². The van der Waals surface area contributed by atoms with E-state index < -0.39 is 0 Å². The molecule has 138 valence electrons. The van der Waals surface area contributed by atoms with Crippen LogP contribution in [-0.4, -0.2) is 39.9 Å². The Morgan fingerprint density at radius 3 is 2.46 bits per heavy atom. The molecule has 0 bridgehead atoms. The van der Waals surface area contributed by atoms with Gasteiger partial charge in [-0.25, -0.2) is 4.39 Å². The second-order valence-corrected chi connectivity index (χ2v) is 6.60. The van der Waals surface area contributed by atoms with Gasteiger partial charge in [0.05, 0.1) is 0 Å². The van der Waals surface area contributed by atoms with Crippen LogP contribution in [0, 0.1) is 12.7 Å². The van der Waals surface area contributed by atoms with Gasteiger partial charge in [0.2, 0.25) is 17.7 Å². The van der Waals surface area contributed by atoms with E-state index in [1.165, 1.54) is 24.3 Å². The third-order valence-electron chi connectivity index (χ3n) is 4.70. The zero-order chi connectivity index (χ0) is 18.5. The summed E-state index contributed by atoms with van der Waals surface area (Å²) < 4.78 is 18.3. The number of halogens is 1. The average Bonchev–Trinajstić information content (AvgIpc) is 3.08. The summed E-state index contributed by atoms with van der Waals surface area (Å²) in [7, 11) is 0. The Bertz CT molecular complexity index is 765. The highest BCUT2D eigenvalue weighted by molar-refractivity contribution is 5.96. The Kier molecular flexibility index (Phi) is 5.75. The van der Waals surface area contributed by atoms with Crippen molar-refractivity contribution in [3.63, 3.8) is 0 Å². The second-order valence-electron chi connectivity index (χ2n) is 6.60. The number of piperidine rings is 1. The summed E-state index contributed by atoms with van der Waals surface area (Å²) in [5.74, 6) is 1.06. The molecule has 0 spiro atoms. The molecule has 0 radical (unpaired) electrons. The number of likely N-dealkylation sites (tertiary alicyclic amines) is 1. The zero-order valence-electron chi connectivity index (χ0n) is 14.8. The van der Waals surface area contributed by atoms with Crippen LogP contribution in [0.3, 0.4) is 0 Å². The first kappa shape index (κ1) is 18.2. The van der Waals surface area contributed by atoms with Crippen LogP contribution in [0.2, 0.25) is 0 Å². The first-order valence-electron chi connectivity index (χ1n) is 8.89. The molecule has 1 saturated heterocycles. The first-order valence-corrected chi connectivity index (χ1v) is 8.89. The lowest BCUT2D eigenvalue weighted by Gasteiger charge is -2.30. The van der Waals surface area contributed by atoms with Gasteiger partial charge in [-0.05, 0) is 43.5 Å². The topological polar surface area (TPSA) is 76.3 Å². The van der Waals surface area contributed by atoms with Crippen LogP contribution < -0.4 is 0 Å². The summed E-state index contributed by atoms with van der Waals surface area (Å²) in [5.41, 5.74) is 0.481. The minimum Gasteiger partial charge on any atom is -0.425 e. The van der Waals surface area contributed by atoms with Gasteiger partial charge in [-0.3, -0.25) is 9.59 Å². The van der Waals surface area contributed by atoms with Crippen molar-refractivity contribution < 1.29 is 18.4 Å². The molecule has 1 fully saturated rings.